The van der Waals surface area contributed by atoms with Gasteiger partial charge in [-0.3, -0.25) is 0 Å². The van der Waals surface area contributed by atoms with Crippen molar-refractivity contribution in [2.24, 2.45) is 0 Å². The van der Waals surface area contributed by atoms with E-state index < -0.39 is 5.97 Å². The molecule has 156 valence electrons. The van der Waals surface area contributed by atoms with Crippen molar-refractivity contribution < 1.29 is 14.3 Å². The average Bonchev–Trinajstić information content (AvgIpc) is 3.11. The summed E-state index contributed by atoms with van der Waals surface area (Å²) in [4.78, 5) is 13.5. The van der Waals surface area contributed by atoms with Gasteiger partial charge in [0, 0.05) is 16.3 Å². The van der Waals surface area contributed by atoms with Crippen LogP contribution in [0.2, 0.25) is 5.02 Å². The number of esters is 1. The average molecular weight is 461 g/mol. The lowest BCUT2D eigenvalue weighted by molar-refractivity contribution is 0.0528. The van der Waals surface area contributed by atoms with E-state index in [2.05, 4.69) is 22.8 Å². The van der Waals surface area contributed by atoms with Gasteiger partial charge in [-0.05, 0) is 49.0 Å². The van der Waals surface area contributed by atoms with E-state index in [0.29, 0.717) is 45.2 Å². The summed E-state index contributed by atoms with van der Waals surface area (Å²) < 4.78 is 10.5. The van der Waals surface area contributed by atoms with Gasteiger partial charge >= 0.3 is 5.97 Å². The van der Waals surface area contributed by atoms with Crippen LogP contribution < -0.4 is 15.4 Å². The number of rotatable bonds is 7. The number of benzene rings is 2. The topological polar surface area (TPSA) is 59.6 Å². The Balaban J connectivity index is 1.82. The van der Waals surface area contributed by atoms with Gasteiger partial charge in [-0.25, -0.2) is 4.79 Å². The molecule has 0 fully saturated rings. The van der Waals surface area contributed by atoms with Crippen LogP contribution in [0.3, 0.4) is 0 Å². The first-order valence-corrected chi connectivity index (χ1v) is 10.9. The number of ether oxygens (including phenoxy) is 2. The summed E-state index contributed by atoms with van der Waals surface area (Å²) in [5.41, 5.74) is 2.24. The molecule has 0 spiro atoms. The van der Waals surface area contributed by atoms with Crippen molar-refractivity contribution in [3.05, 3.63) is 75.6 Å². The fourth-order valence-electron chi connectivity index (χ4n) is 2.81. The fourth-order valence-corrected chi connectivity index (χ4v) is 4.35. The quantitative estimate of drug-likeness (QED) is 0.334. The van der Waals surface area contributed by atoms with Gasteiger partial charge in [-0.15, -0.1) is 11.3 Å². The van der Waals surface area contributed by atoms with E-state index >= 15 is 0 Å². The lowest BCUT2D eigenvalue weighted by Crippen LogP contribution is -2.20. The molecule has 30 heavy (non-hydrogen) atoms. The van der Waals surface area contributed by atoms with E-state index in [4.69, 9.17) is 33.3 Å². The minimum atomic E-state index is -0.390. The fraction of sp³-hybridized carbons (Fsp3) is 0.182. The summed E-state index contributed by atoms with van der Waals surface area (Å²) in [6.07, 6.45) is 0.710. The Bertz CT molecular complexity index is 1040. The molecule has 2 aromatic carbocycles. The summed E-state index contributed by atoms with van der Waals surface area (Å²) in [6, 6.07) is 17.1. The molecule has 5 nitrogen and oxygen atoms in total. The monoisotopic (exact) mass is 460 g/mol. The van der Waals surface area contributed by atoms with Gasteiger partial charge in [0.05, 0.1) is 25.0 Å². The third-order valence-electron chi connectivity index (χ3n) is 4.14. The maximum atomic E-state index is 12.5. The van der Waals surface area contributed by atoms with Crippen LogP contribution in [0.4, 0.5) is 10.7 Å². The molecule has 0 aliphatic heterocycles. The van der Waals surface area contributed by atoms with Crippen molar-refractivity contribution in [3.8, 4) is 5.75 Å². The third-order valence-corrected chi connectivity index (χ3v) is 5.63. The van der Waals surface area contributed by atoms with Gasteiger partial charge in [0.25, 0.3) is 0 Å². The Morgan fingerprint density at radius 1 is 1.13 bits per heavy atom. The normalized spacial score (nSPS) is 10.4. The van der Waals surface area contributed by atoms with E-state index in [0.717, 1.165) is 10.4 Å². The van der Waals surface area contributed by atoms with Gasteiger partial charge in [-0.1, -0.05) is 41.9 Å². The standard InChI is InChI=1S/C22H21ClN2O3S2/c1-3-28-21(26)17-13-16(11-14-7-5-4-6-8-14)30-20(17)25-22(29)24-18-12-15(23)9-10-19(18)27-2/h4-10,12-13H,3,11H2,1-2H3,(H2,24,25,29). The summed E-state index contributed by atoms with van der Waals surface area (Å²) in [7, 11) is 1.57. The van der Waals surface area contributed by atoms with Crippen LogP contribution in [0.1, 0.15) is 27.7 Å². The summed E-state index contributed by atoms with van der Waals surface area (Å²) in [5.74, 6) is 0.212. The highest BCUT2D eigenvalue weighted by atomic mass is 35.5. The zero-order chi connectivity index (χ0) is 21.5. The number of anilines is 2. The maximum absolute atomic E-state index is 12.5. The predicted octanol–water partition coefficient (Wildman–Crippen LogP) is 5.99. The molecule has 0 saturated heterocycles. The van der Waals surface area contributed by atoms with E-state index in [9.17, 15) is 4.79 Å². The number of hydrogen-bond donors (Lipinski definition) is 2. The van der Waals surface area contributed by atoms with Gasteiger partial charge < -0.3 is 20.1 Å². The number of carbonyl (C=O) groups excluding carboxylic acids is 1. The van der Waals surface area contributed by atoms with Crippen LogP contribution in [0.5, 0.6) is 5.75 Å². The van der Waals surface area contributed by atoms with Crippen LogP contribution >= 0.6 is 35.2 Å². The van der Waals surface area contributed by atoms with Crippen LogP contribution in [0.25, 0.3) is 0 Å². The van der Waals surface area contributed by atoms with Crippen LogP contribution in [-0.2, 0) is 11.2 Å². The second-order valence-electron chi connectivity index (χ2n) is 6.26. The summed E-state index contributed by atoms with van der Waals surface area (Å²) in [6.45, 7) is 2.07. The lowest BCUT2D eigenvalue weighted by Gasteiger charge is -2.13. The van der Waals surface area contributed by atoms with Crippen LogP contribution in [0.15, 0.2) is 54.6 Å². The van der Waals surface area contributed by atoms with Gasteiger partial charge in [0.2, 0.25) is 0 Å². The number of methoxy groups -OCH3 is 1. The molecule has 0 aliphatic rings. The smallest absolute Gasteiger partial charge is 0.341 e. The zero-order valence-corrected chi connectivity index (χ0v) is 18.9. The second kappa shape index (κ2) is 10.4. The molecule has 0 atom stereocenters. The predicted molar refractivity (Wildman–Crippen MR) is 127 cm³/mol. The number of carbonyl (C=O) groups is 1. The largest absolute Gasteiger partial charge is 0.495 e. The van der Waals surface area contributed by atoms with Crippen molar-refractivity contribution in [1.82, 2.24) is 0 Å². The number of hydrogen-bond acceptors (Lipinski definition) is 5. The van der Waals surface area contributed by atoms with Crippen molar-refractivity contribution in [3.63, 3.8) is 0 Å². The van der Waals surface area contributed by atoms with E-state index in [1.165, 1.54) is 11.3 Å². The Labute approximate surface area is 190 Å². The molecule has 2 N–H and O–H groups in total. The number of nitrogens with one attached hydrogen (secondary N) is 2. The summed E-state index contributed by atoms with van der Waals surface area (Å²) >= 11 is 13.0. The Morgan fingerprint density at radius 3 is 2.60 bits per heavy atom. The molecule has 0 radical (unpaired) electrons. The molecule has 0 saturated carbocycles. The molecule has 0 aliphatic carbocycles. The Morgan fingerprint density at radius 2 is 1.90 bits per heavy atom. The van der Waals surface area contributed by atoms with Crippen molar-refractivity contribution in [2.75, 3.05) is 24.4 Å². The van der Waals surface area contributed by atoms with Crippen molar-refractivity contribution in [2.45, 2.75) is 13.3 Å². The maximum Gasteiger partial charge on any atom is 0.341 e. The molecule has 0 unspecified atom stereocenters. The van der Waals surface area contributed by atoms with Crippen molar-refractivity contribution in [1.29, 1.82) is 0 Å². The van der Waals surface area contributed by atoms with Crippen LogP contribution in [0, 0.1) is 0 Å². The third kappa shape index (κ3) is 5.72. The first kappa shape index (κ1) is 22.1. The number of halogens is 1. The molecule has 1 heterocycles. The number of thiophene rings is 1. The van der Waals surface area contributed by atoms with Crippen molar-refractivity contribution >= 4 is 56.9 Å². The van der Waals surface area contributed by atoms with E-state index in [1.807, 2.05) is 24.3 Å². The highest BCUT2D eigenvalue weighted by molar-refractivity contribution is 7.80. The highest BCUT2D eigenvalue weighted by Gasteiger charge is 2.19. The minimum Gasteiger partial charge on any atom is -0.495 e. The van der Waals surface area contributed by atoms with E-state index in [-0.39, 0.29) is 0 Å². The van der Waals surface area contributed by atoms with Crippen LogP contribution in [-0.4, -0.2) is 24.8 Å². The summed E-state index contributed by atoms with van der Waals surface area (Å²) in [5, 5.41) is 7.68. The molecule has 8 heteroatoms. The molecule has 0 bridgehead atoms. The molecule has 3 rings (SSSR count). The Hall–Kier alpha value is -2.61. The molecular formula is C22H21ClN2O3S2. The van der Waals surface area contributed by atoms with Gasteiger partial charge in [0.1, 0.15) is 10.8 Å². The van der Waals surface area contributed by atoms with Gasteiger partial charge in [-0.2, -0.15) is 0 Å². The minimum absolute atomic E-state index is 0.296. The molecule has 3 aromatic rings. The first-order chi connectivity index (χ1) is 14.5. The highest BCUT2D eigenvalue weighted by Crippen LogP contribution is 2.32. The van der Waals surface area contributed by atoms with E-state index in [1.54, 1.807) is 32.2 Å². The van der Waals surface area contributed by atoms with Gasteiger partial charge in [0.15, 0.2) is 5.11 Å². The lowest BCUT2D eigenvalue weighted by atomic mass is 10.1. The SMILES string of the molecule is CCOC(=O)c1cc(Cc2ccccc2)sc1NC(=S)Nc1cc(Cl)ccc1OC. The molecule has 1 aromatic heterocycles. The molecule has 0 amide bonds. The second-order valence-corrected chi connectivity index (χ2v) is 8.24. The Kier molecular flexibility index (Phi) is 7.68. The number of thiocarbonyl (C=S) groups is 1. The first-order valence-electron chi connectivity index (χ1n) is 9.25. The molecular weight excluding hydrogens is 440 g/mol. The zero-order valence-electron chi connectivity index (χ0n) is 16.5.